The van der Waals surface area contributed by atoms with Gasteiger partial charge in [-0.15, -0.1) is 0 Å². The average Bonchev–Trinajstić information content (AvgIpc) is 3.56. The van der Waals surface area contributed by atoms with E-state index in [9.17, 15) is 23.4 Å². The number of aromatic amines is 1. The summed E-state index contributed by atoms with van der Waals surface area (Å²) in [5.41, 5.74) is 6.78. The highest BCUT2D eigenvalue weighted by molar-refractivity contribution is 5.86. The highest BCUT2D eigenvalue weighted by atomic mass is 19.4. The monoisotopic (exact) mass is 543 g/mol. The zero-order valence-corrected chi connectivity index (χ0v) is 21.5. The fourth-order valence-corrected chi connectivity index (χ4v) is 6.47. The van der Waals surface area contributed by atoms with E-state index in [0.717, 1.165) is 36.8 Å². The van der Waals surface area contributed by atoms with E-state index in [0.29, 0.717) is 53.6 Å². The molecular weight excluding hydrogens is 511 g/mol. The van der Waals surface area contributed by atoms with E-state index < -0.39 is 23.9 Å². The number of imidazole rings is 1. The van der Waals surface area contributed by atoms with Gasteiger partial charge in [-0.05, 0) is 62.8 Å². The molecule has 1 aromatic carbocycles. The van der Waals surface area contributed by atoms with Gasteiger partial charge in [-0.2, -0.15) is 13.2 Å². The molecule has 2 aliphatic rings. The number of halogens is 3. The van der Waals surface area contributed by atoms with Gasteiger partial charge in [-0.3, -0.25) is 0 Å². The molecule has 208 valence electrons. The molecule has 0 saturated heterocycles. The number of hydrogen-bond donors (Lipinski definition) is 5. The number of rotatable bonds is 7. The van der Waals surface area contributed by atoms with Gasteiger partial charge < -0.3 is 30.8 Å². The van der Waals surface area contributed by atoms with E-state index in [2.05, 4.69) is 32.2 Å². The Labute approximate surface area is 222 Å². The summed E-state index contributed by atoms with van der Waals surface area (Å²) in [6.07, 6.45) is 1.16. The third kappa shape index (κ3) is 4.85. The number of anilines is 1. The zero-order chi connectivity index (χ0) is 27.5. The molecule has 39 heavy (non-hydrogen) atoms. The number of aliphatic hydroxyl groups excluding tert-OH is 2. The van der Waals surface area contributed by atoms with Gasteiger partial charge in [0, 0.05) is 30.6 Å². The minimum Gasteiger partial charge on any atom is -0.390 e. The number of benzene rings is 1. The molecule has 3 aromatic heterocycles. The van der Waals surface area contributed by atoms with Crippen LogP contribution in [0.1, 0.15) is 50.0 Å². The van der Waals surface area contributed by atoms with Gasteiger partial charge in [0.2, 0.25) is 0 Å². The van der Waals surface area contributed by atoms with Crippen molar-refractivity contribution in [2.75, 3.05) is 12.3 Å². The van der Waals surface area contributed by atoms with Crippen molar-refractivity contribution in [3.63, 3.8) is 0 Å². The van der Waals surface area contributed by atoms with Gasteiger partial charge in [0.1, 0.15) is 29.7 Å². The first-order valence-electron chi connectivity index (χ1n) is 13.2. The molecule has 0 spiro atoms. The molecule has 0 radical (unpaired) electrons. The fourth-order valence-electron chi connectivity index (χ4n) is 6.47. The Morgan fingerprint density at radius 3 is 2.74 bits per heavy atom. The number of H-pyrrole nitrogens is 1. The lowest BCUT2D eigenvalue weighted by molar-refractivity contribution is -0.137. The van der Waals surface area contributed by atoms with Gasteiger partial charge in [0.05, 0.1) is 34.1 Å². The lowest BCUT2D eigenvalue weighted by atomic mass is 9.67. The molecule has 0 unspecified atom stereocenters. The predicted molar refractivity (Wildman–Crippen MR) is 140 cm³/mol. The molecule has 6 N–H and O–H groups in total. The first-order chi connectivity index (χ1) is 18.5. The standard InChI is InChI=1S/C27H32F3N7O2/c1-26(10-14(11-26)2-5-21-35-18-4-3-16(27(28,29)30)9-19(18)36-21)34-12-15-8-20(23(39)22(15)38)37-7-6-17-24(31)32-13-33-25(17)37/h3-4,6-7,9,13-15,20,22-23,34,38-39H,2,5,8,10-12H2,1H3,(H,35,36)(H2,31,32,33)/t14?,15-,20-,22-,23+,26?/m1/s1. The van der Waals surface area contributed by atoms with Crippen molar-refractivity contribution in [1.82, 2.24) is 29.8 Å². The summed E-state index contributed by atoms with van der Waals surface area (Å²) in [4.78, 5) is 15.8. The van der Waals surface area contributed by atoms with Crippen molar-refractivity contribution in [3.8, 4) is 0 Å². The normalized spacial score (nSPS) is 29.3. The van der Waals surface area contributed by atoms with Crippen LogP contribution in [0.5, 0.6) is 0 Å². The van der Waals surface area contributed by atoms with Crippen LogP contribution in [0.25, 0.3) is 22.1 Å². The minimum absolute atomic E-state index is 0.0647. The van der Waals surface area contributed by atoms with Gasteiger partial charge >= 0.3 is 6.18 Å². The first-order valence-corrected chi connectivity index (χ1v) is 13.2. The maximum atomic E-state index is 13.0. The van der Waals surface area contributed by atoms with E-state index in [4.69, 9.17) is 5.73 Å². The summed E-state index contributed by atoms with van der Waals surface area (Å²) in [5.74, 6) is 1.44. The number of aryl methyl sites for hydroxylation is 1. The molecule has 0 amide bonds. The molecular formula is C27H32F3N7O2. The number of nitrogens with two attached hydrogens (primary N) is 1. The van der Waals surface area contributed by atoms with Crippen molar-refractivity contribution >= 4 is 27.9 Å². The van der Waals surface area contributed by atoms with Gasteiger partial charge in [0.25, 0.3) is 0 Å². The van der Waals surface area contributed by atoms with Crippen molar-refractivity contribution in [2.45, 2.75) is 69.0 Å². The van der Waals surface area contributed by atoms with Crippen LogP contribution in [0.15, 0.2) is 36.8 Å². The van der Waals surface area contributed by atoms with E-state index in [1.54, 1.807) is 0 Å². The van der Waals surface area contributed by atoms with Crippen LogP contribution >= 0.6 is 0 Å². The highest BCUT2D eigenvalue weighted by Gasteiger charge is 2.45. The summed E-state index contributed by atoms with van der Waals surface area (Å²) in [7, 11) is 0. The second kappa shape index (κ2) is 9.46. The summed E-state index contributed by atoms with van der Waals surface area (Å²) < 4.78 is 40.8. The SMILES string of the molecule is CC1(NC[C@H]2C[C@@H](n3ccc4c(N)ncnc43)[C@H](O)[C@@H]2O)CC(CCc2nc3cc(C(F)(F)F)ccc3[nH]2)C1. The molecule has 2 fully saturated rings. The molecule has 3 heterocycles. The number of nitrogen functional groups attached to an aromatic ring is 1. The summed E-state index contributed by atoms with van der Waals surface area (Å²) >= 11 is 0. The van der Waals surface area contributed by atoms with Crippen LogP contribution < -0.4 is 11.1 Å². The second-order valence-corrected chi connectivity index (χ2v) is 11.4. The summed E-state index contributed by atoms with van der Waals surface area (Å²) in [6, 6.07) is 5.11. The Bertz CT molecular complexity index is 1490. The molecule has 6 rings (SSSR count). The summed E-state index contributed by atoms with van der Waals surface area (Å²) in [6.45, 7) is 2.75. The van der Waals surface area contributed by atoms with Crippen LogP contribution in [0.2, 0.25) is 0 Å². The molecule has 2 saturated carbocycles. The average molecular weight is 544 g/mol. The predicted octanol–water partition coefficient (Wildman–Crippen LogP) is 3.58. The largest absolute Gasteiger partial charge is 0.416 e. The number of aromatic nitrogens is 5. The molecule has 0 bridgehead atoms. The van der Waals surface area contributed by atoms with Crippen molar-refractivity contribution in [3.05, 3.63) is 48.2 Å². The Balaban J connectivity index is 1.01. The number of aliphatic hydroxyl groups is 2. The maximum absolute atomic E-state index is 13.0. The molecule has 9 nitrogen and oxygen atoms in total. The number of nitrogens with zero attached hydrogens (tertiary/aromatic N) is 4. The highest BCUT2D eigenvalue weighted by Crippen LogP contribution is 2.42. The van der Waals surface area contributed by atoms with Crippen LogP contribution in [0, 0.1) is 11.8 Å². The molecule has 0 aliphatic heterocycles. The number of alkyl halides is 3. The minimum atomic E-state index is -4.38. The zero-order valence-electron chi connectivity index (χ0n) is 21.5. The third-order valence-electron chi connectivity index (χ3n) is 8.59. The number of hydrogen-bond acceptors (Lipinski definition) is 7. The van der Waals surface area contributed by atoms with E-state index in [-0.39, 0.29) is 17.5 Å². The van der Waals surface area contributed by atoms with Crippen LogP contribution in [0.4, 0.5) is 19.0 Å². The van der Waals surface area contributed by atoms with Gasteiger partial charge in [-0.25, -0.2) is 15.0 Å². The summed E-state index contributed by atoms with van der Waals surface area (Å²) in [5, 5.41) is 25.9. The lowest BCUT2D eigenvalue weighted by Gasteiger charge is -2.47. The Morgan fingerprint density at radius 2 is 1.97 bits per heavy atom. The molecule has 2 aliphatic carbocycles. The van der Waals surface area contributed by atoms with Crippen LogP contribution in [0.3, 0.4) is 0 Å². The smallest absolute Gasteiger partial charge is 0.390 e. The van der Waals surface area contributed by atoms with Crippen LogP contribution in [-0.4, -0.2) is 59.0 Å². The third-order valence-corrected chi connectivity index (χ3v) is 8.59. The van der Waals surface area contributed by atoms with Crippen LogP contribution in [-0.2, 0) is 12.6 Å². The van der Waals surface area contributed by atoms with E-state index >= 15 is 0 Å². The Kier molecular flexibility index (Phi) is 6.31. The quantitative estimate of drug-likeness (QED) is 0.240. The van der Waals surface area contributed by atoms with Crippen molar-refractivity contribution in [1.29, 1.82) is 0 Å². The van der Waals surface area contributed by atoms with Gasteiger partial charge in [-0.1, -0.05) is 0 Å². The first kappa shape index (κ1) is 26.0. The molecule has 12 heteroatoms. The topological polar surface area (TPSA) is 138 Å². The number of fused-ring (bicyclic) bond motifs is 2. The van der Waals surface area contributed by atoms with Crippen molar-refractivity contribution < 1.29 is 23.4 Å². The Morgan fingerprint density at radius 1 is 1.18 bits per heavy atom. The second-order valence-electron chi connectivity index (χ2n) is 11.4. The van der Waals surface area contributed by atoms with Crippen molar-refractivity contribution in [2.24, 2.45) is 11.8 Å². The number of nitrogens with one attached hydrogen (secondary N) is 2. The lowest BCUT2D eigenvalue weighted by Crippen LogP contribution is -2.54. The molecule has 4 aromatic rings. The Hall–Kier alpha value is -3.22. The maximum Gasteiger partial charge on any atom is 0.416 e. The fraction of sp³-hybridized carbons (Fsp3) is 0.519. The van der Waals surface area contributed by atoms with E-state index in [1.807, 2.05) is 16.8 Å². The van der Waals surface area contributed by atoms with Gasteiger partial charge in [0.15, 0.2) is 0 Å². The van der Waals surface area contributed by atoms with E-state index in [1.165, 1.54) is 12.4 Å². The molecule has 4 atom stereocenters.